The van der Waals surface area contributed by atoms with Crippen molar-refractivity contribution in [3.8, 4) is 0 Å². The summed E-state index contributed by atoms with van der Waals surface area (Å²) in [4.78, 5) is 12.7. The normalized spacial score (nSPS) is 34.2. The number of hydrogen-bond acceptors (Lipinski definition) is 11. The van der Waals surface area contributed by atoms with Gasteiger partial charge in [-0.05, 0) is 34.6 Å². The van der Waals surface area contributed by atoms with Gasteiger partial charge in [-0.1, -0.05) is 84.4 Å². The number of allylic oxidation sites excluding steroid dienone is 13. The van der Waals surface area contributed by atoms with Crippen LogP contribution in [0.2, 0.25) is 0 Å². The predicted octanol–water partition coefficient (Wildman–Crippen LogP) is 1.90. The fourth-order valence-electron chi connectivity index (χ4n) is 4.27. The molecule has 0 amide bonds. The van der Waals surface area contributed by atoms with Crippen LogP contribution in [0.5, 0.6) is 0 Å². The summed E-state index contributed by atoms with van der Waals surface area (Å²) in [6.45, 7) is 10.1. The zero-order chi connectivity index (χ0) is 33.0. The summed E-state index contributed by atoms with van der Waals surface area (Å²) in [6, 6.07) is 0. The van der Waals surface area contributed by atoms with Gasteiger partial charge < -0.3 is 49.6 Å². The van der Waals surface area contributed by atoms with Crippen LogP contribution in [0.15, 0.2) is 83.1 Å². The van der Waals surface area contributed by atoms with Crippen molar-refractivity contribution in [3.63, 3.8) is 0 Å². The van der Waals surface area contributed by atoms with Gasteiger partial charge in [0.2, 0.25) is 6.29 Å². The molecule has 0 aromatic rings. The van der Waals surface area contributed by atoms with E-state index in [4.69, 9.17) is 18.9 Å². The smallest absolute Gasteiger partial charge is 0.336 e. The predicted molar refractivity (Wildman–Crippen MR) is 164 cm³/mol. The van der Waals surface area contributed by atoms with Gasteiger partial charge in [-0.3, -0.25) is 0 Å². The number of carbonyl (C=O) groups is 1. The minimum Gasteiger partial charge on any atom is -0.432 e. The van der Waals surface area contributed by atoms with Crippen LogP contribution in [0.25, 0.3) is 0 Å². The zero-order valence-electron chi connectivity index (χ0n) is 26.2. The van der Waals surface area contributed by atoms with Gasteiger partial charge in [-0.2, -0.15) is 0 Å². The van der Waals surface area contributed by atoms with Gasteiger partial charge in [0, 0.05) is 11.5 Å². The van der Waals surface area contributed by atoms with Crippen LogP contribution in [0.3, 0.4) is 0 Å². The average molecular weight is 621 g/mol. The lowest BCUT2D eigenvalue weighted by Gasteiger charge is -2.43. The Bertz CT molecular complexity index is 1140. The molecule has 2 fully saturated rings. The van der Waals surface area contributed by atoms with Crippen LogP contribution in [0.1, 0.15) is 41.5 Å². The number of rotatable bonds is 12. The summed E-state index contributed by atoms with van der Waals surface area (Å²) in [6.07, 6.45) is 6.32. The van der Waals surface area contributed by atoms with Crippen molar-refractivity contribution in [3.05, 3.63) is 83.1 Å². The minimum absolute atomic E-state index is 0.275. The molecule has 0 saturated carbocycles. The van der Waals surface area contributed by atoms with Crippen molar-refractivity contribution in [2.24, 2.45) is 5.92 Å². The van der Waals surface area contributed by atoms with E-state index in [1.165, 1.54) is 5.57 Å². The largest absolute Gasteiger partial charge is 0.432 e. The highest BCUT2D eigenvalue weighted by Gasteiger charge is 2.47. The Kier molecular flexibility index (Phi) is 15.6. The molecule has 0 spiro atoms. The number of aliphatic hydroxyl groups excluding tert-OH is 6. The molecule has 2 heterocycles. The lowest BCUT2D eigenvalue weighted by Crippen LogP contribution is -2.60. The topological polar surface area (TPSA) is 175 Å². The SMILES string of the molecule is CC(C)=C/C=C/C(C)=C/C=C/C=C(C)/C=C/C=C(\C)C(=O)O[C@@H]1OC(CO[C@@H]2OC(CO)[C@@H](O)[C@H](O)C2O)[C@@H](O)[C@H](O)C1C. The fraction of sp³-hybridized carbons (Fsp3) is 0.545. The molecule has 10 atom stereocenters. The van der Waals surface area contributed by atoms with Crippen molar-refractivity contribution >= 4 is 5.97 Å². The second-order valence-electron chi connectivity index (χ2n) is 11.3. The molecule has 0 aromatic carbocycles. The van der Waals surface area contributed by atoms with E-state index in [1.54, 1.807) is 26.0 Å². The first-order valence-electron chi connectivity index (χ1n) is 14.6. The Morgan fingerprint density at radius 2 is 1.23 bits per heavy atom. The van der Waals surface area contributed by atoms with E-state index in [0.717, 1.165) is 11.1 Å². The van der Waals surface area contributed by atoms with Crippen LogP contribution < -0.4 is 0 Å². The highest BCUT2D eigenvalue weighted by molar-refractivity contribution is 5.88. The van der Waals surface area contributed by atoms with Gasteiger partial charge in [0.05, 0.1) is 19.3 Å². The molecule has 0 aromatic heterocycles. The molecule has 2 rings (SSSR count). The number of hydrogen-bond donors (Lipinski definition) is 6. The van der Waals surface area contributed by atoms with E-state index in [2.05, 4.69) is 0 Å². The average Bonchev–Trinajstić information content (AvgIpc) is 2.98. The van der Waals surface area contributed by atoms with Crippen LogP contribution in [0, 0.1) is 5.92 Å². The Hall–Kier alpha value is -2.71. The van der Waals surface area contributed by atoms with Crippen LogP contribution in [-0.4, -0.2) is 105 Å². The minimum atomic E-state index is -1.65. The Balaban J connectivity index is 1.95. The Morgan fingerprint density at radius 1 is 0.682 bits per heavy atom. The van der Waals surface area contributed by atoms with Crippen LogP contribution in [0.4, 0.5) is 0 Å². The summed E-state index contributed by atoms with van der Waals surface area (Å²) < 4.78 is 21.9. The van der Waals surface area contributed by atoms with Gasteiger partial charge in [0.15, 0.2) is 6.29 Å². The lowest BCUT2D eigenvalue weighted by atomic mass is 9.92. The van der Waals surface area contributed by atoms with Gasteiger partial charge in [0.1, 0.15) is 36.6 Å². The third-order valence-electron chi connectivity index (χ3n) is 7.15. The molecule has 11 nitrogen and oxygen atoms in total. The van der Waals surface area contributed by atoms with E-state index in [1.807, 2.05) is 76.3 Å². The second kappa shape index (κ2) is 18.3. The monoisotopic (exact) mass is 620 g/mol. The van der Waals surface area contributed by atoms with E-state index < -0.39 is 80.4 Å². The Morgan fingerprint density at radius 3 is 1.80 bits per heavy atom. The third kappa shape index (κ3) is 11.3. The van der Waals surface area contributed by atoms with Crippen molar-refractivity contribution in [2.45, 2.75) is 96.9 Å². The molecule has 2 aliphatic rings. The maximum atomic E-state index is 12.7. The third-order valence-corrected chi connectivity index (χ3v) is 7.15. The van der Waals surface area contributed by atoms with Crippen LogP contribution >= 0.6 is 0 Å². The maximum Gasteiger partial charge on any atom is 0.336 e. The number of carbonyl (C=O) groups excluding carboxylic acids is 1. The summed E-state index contributed by atoms with van der Waals surface area (Å²) in [5, 5.41) is 60.5. The van der Waals surface area contributed by atoms with Crippen molar-refractivity contribution in [1.82, 2.24) is 0 Å². The molecule has 44 heavy (non-hydrogen) atoms. The molecular weight excluding hydrogens is 572 g/mol. The summed E-state index contributed by atoms with van der Waals surface area (Å²) in [7, 11) is 0. The quantitative estimate of drug-likeness (QED) is 0.107. The standard InChI is InChI=1S/C33H48O11/c1-19(2)11-9-14-20(3)12-7-8-13-21(4)15-10-16-22(5)31(40)44-32-23(6)26(35)28(37)25(43-32)18-41-33-30(39)29(38)27(36)24(17-34)42-33/h7-16,23-30,32-39H,17-18H2,1-6H3/b8-7+,14-9+,15-10+,20-12+,21-13+,22-16+/t23?,24?,25?,26-,27-,28-,29+,30?,32+,33-/m1/s1. The highest BCUT2D eigenvalue weighted by Crippen LogP contribution is 2.29. The molecule has 0 aliphatic carbocycles. The first kappa shape index (κ1) is 37.5. The fourth-order valence-corrected chi connectivity index (χ4v) is 4.27. The molecule has 0 radical (unpaired) electrons. The first-order chi connectivity index (χ1) is 20.8. The molecular formula is C33H48O11. The number of aliphatic hydroxyl groups is 6. The van der Waals surface area contributed by atoms with Crippen molar-refractivity contribution in [2.75, 3.05) is 13.2 Å². The van der Waals surface area contributed by atoms with Gasteiger partial charge in [-0.25, -0.2) is 4.79 Å². The summed E-state index contributed by atoms with van der Waals surface area (Å²) >= 11 is 0. The van der Waals surface area contributed by atoms with Crippen molar-refractivity contribution in [1.29, 1.82) is 0 Å². The molecule has 2 aliphatic heterocycles. The van der Waals surface area contributed by atoms with Gasteiger partial charge in [0.25, 0.3) is 0 Å². The maximum absolute atomic E-state index is 12.7. The Labute approximate surface area is 259 Å². The molecule has 6 N–H and O–H groups in total. The summed E-state index contributed by atoms with van der Waals surface area (Å²) in [5.41, 5.74) is 3.57. The molecule has 0 bridgehead atoms. The van der Waals surface area contributed by atoms with Crippen molar-refractivity contribution < 1.29 is 54.4 Å². The van der Waals surface area contributed by atoms with Gasteiger partial charge >= 0.3 is 5.97 Å². The number of ether oxygens (including phenoxy) is 4. The number of esters is 1. The molecule has 4 unspecified atom stereocenters. The van der Waals surface area contributed by atoms with E-state index in [0.29, 0.717) is 0 Å². The molecule has 246 valence electrons. The molecule has 2 saturated heterocycles. The highest BCUT2D eigenvalue weighted by atomic mass is 16.7. The lowest BCUT2D eigenvalue weighted by molar-refractivity contribution is -0.321. The van der Waals surface area contributed by atoms with E-state index in [9.17, 15) is 35.4 Å². The van der Waals surface area contributed by atoms with Gasteiger partial charge in [-0.15, -0.1) is 0 Å². The van der Waals surface area contributed by atoms with E-state index in [-0.39, 0.29) is 5.57 Å². The van der Waals surface area contributed by atoms with Crippen LogP contribution in [-0.2, 0) is 23.7 Å². The zero-order valence-corrected chi connectivity index (χ0v) is 26.2. The van der Waals surface area contributed by atoms with E-state index >= 15 is 0 Å². The second-order valence-corrected chi connectivity index (χ2v) is 11.3. The first-order valence-corrected chi connectivity index (χ1v) is 14.6. The summed E-state index contributed by atoms with van der Waals surface area (Å²) in [5.74, 6) is -1.47. The molecule has 11 heteroatoms.